The number of hydrogen-bond donors (Lipinski definition) is 1. The average molecular weight is 291 g/mol. The molecule has 2 aromatic rings. The molecule has 1 unspecified atom stereocenters. The summed E-state index contributed by atoms with van der Waals surface area (Å²) >= 11 is 0. The van der Waals surface area contributed by atoms with Gasteiger partial charge in [-0.2, -0.15) is 0 Å². The van der Waals surface area contributed by atoms with Crippen molar-refractivity contribution in [2.75, 3.05) is 6.54 Å². The zero-order valence-electron chi connectivity index (χ0n) is 13.3. The molecule has 0 spiro atoms. The van der Waals surface area contributed by atoms with Crippen molar-refractivity contribution in [1.82, 2.24) is 5.32 Å². The van der Waals surface area contributed by atoms with Gasteiger partial charge in [0.1, 0.15) is 17.2 Å². The van der Waals surface area contributed by atoms with E-state index in [1.807, 2.05) is 6.07 Å². The molecule has 0 saturated heterocycles. The highest BCUT2D eigenvalue weighted by molar-refractivity contribution is 5.78. The van der Waals surface area contributed by atoms with Crippen LogP contribution in [-0.4, -0.2) is 6.54 Å². The molecule has 1 aromatic carbocycles. The van der Waals surface area contributed by atoms with E-state index in [0.717, 1.165) is 23.3 Å². The molecule has 116 valence electrons. The van der Waals surface area contributed by atoms with E-state index in [2.05, 4.69) is 26.1 Å². The summed E-state index contributed by atoms with van der Waals surface area (Å²) in [7, 11) is 0. The van der Waals surface area contributed by atoms with Crippen LogP contribution >= 0.6 is 0 Å². The van der Waals surface area contributed by atoms with Crippen molar-refractivity contribution < 1.29 is 8.81 Å². The van der Waals surface area contributed by atoms with E-state index >= 15 is 0 Å². The number of nitrogens with one attached hydrogen (secondary N) is 1. The topological polar surface area (TPSA) is 25.2 Å². The van der Waals surface area contributed by atoms with Gasteiger partial charge in [-0.05, 0) is 49.6 Å². The Hall–Kier alpha value is -1.35. The van der Waals surface area contributed by atoms with Gasteiger partial charge in [-0.25, -0.2) is 4.39 Å². The summed E-state index contributed by atoms with van der Waals surface area (Å²) in [5.74, 6) is 1.28. The Bertz CT molecular complexity index is 557. The molecule has 0 amide bonds. The molecule has 0 aliphatic carbocycles. The van der Waals surface area contributed by atoms with E-state index in [1.54, 1.807) is 12.1 Å². The van der Waals surface area contributed by atoms with E-state index in [0.29, 0.717) is 5.92 Å². The minimum atomic E-state index is -0.214. The molecule has 0 fully saturated rings. The van der Waals surface area contributed by atoms with Crippen molar-refractivity contribution in [3.63, 3.8) is 0 Å². The highest BCUT2D eigenvalue weighted by Gasteiger charge is 2.24. The molecule has 2 rings (SSSR count). The van der Waals surface area contributed by atoms with Gasteiger partial charge >= 0.3 is 0 Å². The zero-order chi connectivity index (χ0) is 15.2. The normalized spacial score (nSPS) is 13.2. The number of halogens is 1. The molecular weight excluding hydrogens is 265 g/mol. The van der Waals surface area contributed by atoms with Crippen molar-refractivity contribution in [2.24, 2.45) is 5.92 Å². The molecule has 0 radical (unpaired) electrons. The summed E-state index contributed by atoms with van der Waals surface area (Å²) < 4.78 is 19.3. The van der Waals surface area contributed by atoms with Crippen molar-refractivity contribution in [1.29, 1.82) is 0 Å². The van der Waals surface area contributed by atoms with E-state index < -0.39 is 0 Å². The summed E-state index contributed by atoms with van der Waals surface area (Å²) in [6.07, 6.45) is 4.69. The maximum atomic E-state index is 13.3. The lowest BCUT2D eigenvalue weighted by Crippen LogP contribution is -2.28. The largest absolute Gasteiger partial charge is 0.459 e. The first-order valence-electron chi connectivity index (χ1n) is 8.11. The standard InChI is InChI=1S/C18H26FNO/c1-4-7-13(8-5-2)18(20-6-3)17-12-14-11-15(19)9-10-16(14)21-17/h9-13,18,20H,4-8H2,1-3H3. The molecule has 1 N–H and O–H groups in total. The first-order chi connectivity index (χ1) is 10.2. The van der Waals surface area contributed by atoms with Crippen molar-refractivity contribution >= 4 is 11.0 Å². The number of furan rings is 1. The van der Waals surface area contributed by atoms with E-state index in [4.69, 9.17) is 4.42 Å². The Morgan fingerprint density at radius 2 is 1.81 bits per heavy atom. The molecule has 0 aliphatic heterocycles. The quantitative estimate of drug-likeness (QED) is 0.700. The van der Waals surface area contributed by atoms with Crippen molar-refractivity contribution in [3.05, 3.63) is 35.8 Å². The summed E-state index contributed by atoms with van der Waals surface area (Å²) in [6.45, 7) is 7.46. The Morgan fingerprint density at radius 1 is 1.10 bits per heavy atom. The van der Waals surface area contributed by atoms with Crippen LogP contribution in [0.25, 0.3) is 11.0 Å². The summed E-state index contributed by atoms with van der Waals surface area (Å²) in [5, 5.41) is 4.40. The predicted molar refractivity (Wildman–Crippen MR) is 85.9 cm³/mol. The second-order valence-corrected chi connectivity index (χ2v) is 5.70. The minimum Gasteiger partial charge on any atom is -0.459 e. The third-order valence-corrected chi connectivity index (χ3v) is 4.02. The second kappa shape index (κ2) is 7.60. The van der Waals surface area contributed by atoms with Gasteiger partial charge < -0.3 is 9.73 Å². The fourth-order valence-corrected chi connectivity index (χ4v) is 3.13. The van der Waals surface area contributed by atoms with Crippen LogP contribution in [0.3, 0.4) is 0 Å². The molecule has 3 heteroatoms. The maximum absolute atomic E-state index is 13.3. The van der Waals surface area contributed by atoms with Gasteiger partial charge in [0.2, 0.25) is 0 Å². The lowest BCUT2D eigenvalue weighted by atomic mass is 9.89. The van der Waals surface area contributed by atoms with Crippen LogP contribution < -0.4 is 5.32 Å². The number of fused-ring (bicyclic) bond motifs is 1. The molecule has 21 heavy (non-hydrogen) atoms. The third kappa shape index (κ3) is 3.85. The Balaban J connectivity index is 2.33. The third-order valence-electron chi connectivity index (χ3n) is 4.02. The van der Waals surface area contributed by atoms with Gasteiger partial charge in [-0.15, -0.1) is 0 Å². The van der Waals surface area contributed by atoms with Crippen LogP contribution in [0.4, 0.5) is 4.39 Å². The highest BCUT2D eigenvalue weighted by Crippen LogP contribution is 2.33. The smallest absolute Gasteiger partial charge is 0.134 e. The lowest BCUT2D eigenvalue weighted by molar-refractivity contribution is 0.285. The Kier molecular flexibility index (Phi) is 5.80. The van der Waals surface area contributed by atoms with Gasteiger partial charge in [0, 0.05) is 5.39 Å². The molecule has 0 saturated carbocycles. The fourth-order valence-electron chi connectivity index (χ4n) is 3.13. The van der Waals surface area contributed by atoms with E-state index in [-0.39, 0.29) is 11.9 Å². The molecule has 0 aliphatic rings. The van der Waals surface area contributed by atoms with Gasteiger partial charge in [0.05, 0.1) is 6.04 Å². The second-order valence-electron chi connectivity index (χ2n) is 5.70. The summed E-state index contributed by atoms with van der Waals surface area (Å²) in [5.41, 5.74) is 0.765. The van der Waals surface area contributed by atoms with Crippen LogP contribution in [-0.2, 0) is 0 Å². The monoisotopic (exact) mass is 291 g/mol. The maximum Gasteiger partial charge on any atom is 0.134 e. The molecule has 1 heterocycles. The van der Waals surface area contributed by atoms with Crippen LogP contribution in [0.5, 0.6) is 0 Å². The summed E-state index contributed by atoms with van der Waals surface area (Å²) in [6, 6.07) is 6.91. The van der Waals surface area contributed by atoms with Gasteiger partial charge in [0.25, 0.3) is 0 Å². The number of hydrogen-bond acceptors (Lipinski definition) is 2. The van der Waals surface area contributed by atoms with Crippen LogP contribution in [0.15, 0.2) is 28.7 Å². The predicted octanol–water partition coefficient (Wildman–Crippen LogP) is 5.44. The van der Waals surface area contributed by atoms with Crippen LogP contribution in [0.1, 0.15) is 58.3 Å². The van der Waals surface area contributed by atoms with E-state index in [9.17, 15) is 4.39 Å². The van der Waals surface area contributed by atoms with Crippen LogP contribution in [0.2, 0.25) is 0 Å². The molecule has 1 atom stereocenters. The highest BCUT2D eigenvalue weighted by atomic mass is 19.1. The SMILES string of the molecule is CCCC(CCC)C(NCC)c1cc2cc(F)ccc2o1. The molecule has 1 aromatic heterocycles. The zero-order valence-corrected chi connectivity index (χ0v) is 13.3. The lowest BCUT2D eigenvalue weighted by Gasteiger charge is -2.25. The van der Waals surface area contributed by atoms with Crippen LogP contribution in [0, 0.1) is 11.7 Å². The molecule has 0 bridgehead atoms. The summed E-state index contributed by atoms with van der Waals surface area (Å²) in [4.78, 5) is 0. The van der Waals surface area contributed by atoms with Crippen molar-refractivity contribution in [3.8, 4) is 0 Å². The fraction of sp³-hybridized carbons (Fsp3) is 0.556. The number of benzene rings is 1. The molecular formula is C18H26FNO. The average Bonchev–Trinajstić information content (AvgIpc) is 2.87. The first-order valence-corrected chi connectivity index (χ1v) is 8.11. The Labute approximate surface area is 126 Å². The number of rotatable bonds is 8. The van der Waals surface area contributed by atoms with Gasteiger partial charge in [-0.1, -0.05) is 33.6 Å². The van der Waals surface area contributed by atoms with Gasteiger partial charge in [0.15, 0.2) is 0 Å². The first kappa shape index (κ1) is 16.0. The minimum absolute atomic E-state index is 0.213. The Morgan fingerprint density at radius 3 is 2.43 bits per heavy atom. The van der Waals surface area contributed by atoms with E-state index in [1.165, 1.54) is 31.7 Å². The van der Waals surface area contributed by atoms with Gasteiger partial charge in [-0.3, -0.25) is 0 Å². The molecule has 2 nitrogen and oxygen atoms in total. The van der Waals surface area contributed by atoms with Crippen molar-refractivity contribution in [2.45, 2.75) is 52.5 Å².